The van der Waals surface area contributed by atoms with Gasteiger partial charge in [-0.1, -0.05) is 0 Å². The summed E-state index contributed by atoms with van der Waals surface area (Å²) in [7, 11) is 1.55. The summed E-state index contributed by atoms with van der Waals surface area (Å²) in [5, 5.41) is 17.3. The Labute approximate surface area is 159 Å². The van der Waals surface area contributed by atoms with E-state index in [2.05, 4.69) is 10.4 Å². The number of carbonyl (C=O) groups is 2. The number of nitrogens with zero attached hydrogens (tertiary/aromatic N) is 5. The number of amides is 3. The Morgan fingerprint density at radius 3 is 3.00 bits per heavy atom. The van der Waals surface area contributed by atoms with Crippen molar-refractivity contribution >= 4 is 17.6 Å². The Morgan fingerprint density at radius 1 is 1.39 bits per heavy atom. The van der Waals surface area contributed by atoms with Crippen LogP contribution in [0.5, 0.6) is 0 Å². The quantitative estimate of drug-likeness (QED) is 0.803. The molecule has 0 atom stereocenters. The van der Waals surface area contributed by atoms with Crippen LogP contribution in [0.4, 0.5) is 14.9 Å². The first-order valence-electron chi connectivity index (χ1n) is 8.73. The van der Waals surface area contributed by atoms with Crippen LogP contribution >= 0.6 is 0 Å². The van der Waals surface area contributed by atoms with Gasteiger partial charge < -0.3 is 10.2 Å². The number of carbonyl (C=O) groups excluding carboxylic acids is 2. The van der Waals surface area contributed by atoms with Gasteiger partial charge in [-0.15, -0.1) is 0 Å². The molecule has 3 amide bonds. The summed E-state index contributed by atoms with van der Waals surface area (Å²) in [6, 6.07) is 5.16. The number of nitrogens with one attached hydrogen (secondary N) is 1. The van der Waals surface area contributed by atoms with Crippen molar-refractivity contribution in [1.29, 1.82) is 5.26 Å². The summed E-state index contributed by atoms with van der Waals surface area (Å²) < 4.78 is 15.1. The molecule has 0 saturated carbocycles. The van der Waals surface area contributed by atoms with Crippen molar-refractivity contribution in [1.82, 2.24) is 19.7 Å². The average molecular weight is 384 g/mol. The molecule has 1 aromatic carbocycles. The highest BCUT2D eigenvalue weighted by molar-refractivity contribution is 5.94. The minimum Gasteiger partial charge on any atom is -0.320 e. The van der Waals surface area contributed by atoms with E-state index in [1.807, 2.05) is 0 Å². The number of nitriles is 1. The summed E-state index contributed by atoms with van der Waals surface area (Å²) in [5.74, 6) is -0.943. The fourth-order valence-corrected chi connectivity index (χ4v) is 3.36. The molecule has 28 heavy (non-hydrogen) atoms. The molecule has 0 fully saturated rings. The molecule has 9 nitrogen and oxygen atoms in total. The van der Waals surface area contributed by atoms with Crippen molar-refractivity contribution in [2.45, 2.75) is 19.5 Å². The molecule has 2 aliphatic rings. The maximum Gasteiger partial charge on any atom is 0.322 e. The highest BCUT2D eigenvalue weighted by Gasteiger charge is 2.33. The summed E-state index contributed by atoms with van der Waals surface area (Å²) in [4.78, 5) is 32.1. The fraction of sp³-hybridized carbons (Fsp3) is 0.333. The van der Waals surface area contributed by atoms with Crippen molar-refractivity contribution in [2.75, 3.05) is 25.5 Å². The average Bonchev–Trinajstić information content (AvgIpc) is 2.99. The van der Waals surface area contributed by atoms with E-state index in [4.69, 9.17) is 10.1 Å². The van der Waals surface area contributed by atoms with Gasteiger partial charge in [-0.3, -0.25) is 14.3 Å². The number of benzene rings is 1. The predicted octanol–water partition coefficient (Wildman–Crippen LogP) is 1.50. The number of rotatable bonds is 1. The Balaban J connectivity index is 1.56. The molecule has 1 N–H and O–H groups in total. The van der Waals surface area contributed by atoms with Gasteiger partial charge in [0.1, 0.15) is 17.6 Å². The molecule has 0 unspecified atom stereocenters. The van der Waals surface area contributed by atoms with E-state index in [1.54, 1.807) is 22.7 Å². The number of hydrogen-bond donors (Lipinski definition) is 1. The predicted molar refractivity (Wildman–Crippen MR) is 94.5 cm³/mol. The number of fused-ring (bicyclic) bond motifs is 3. The first kappa shape index (κ1) is 17.9. The van der Waals surface area contributed by atoms with Gasteiger partial charge in [0, 0.05) is 31.3 Å². The zero-order valence-electron chi connectivity index (χ0n) is 15.1. The zero-order chi connectivity index (χ0) is 19.8. The summed E-state index contributed by atoms with van der Waals surface area (Å²) in [5.41, 5.74) is 2.12. The Kier molecular flexibility index (Phi) is 4.44. The van der Waals surface area contributed by atoms with E-state index in [1.165, 1.54) is 17.2 Å². The van der Waals surface area contributed by atoms with Gasteiger partial charge in [0.25, 0.3) is 5.91 Å². The lowest BCUT2D eigenvalue weighted by Crippen LogP contribution is -2.39. The lowest BCUT2D eigenvalue weighted by molar-refractivity contribution is -0.103. The van der Waals surface area contributed by atoms with Crippen LogP contribution in [0.3, 0.4) is 0 Å². The lowest BCUT2D eigenvalue weighted by atomic mass is 10.1. The number of halogens is 1. The fourth-order valence-electron chi connectivity index (χ4n) is 3.36. The first-order chi connectivity index (χ1) is 13.5. The van der Waals surface area contributed by atoms with Gasteiger partial charge in [0.15, 0.2) is 0 Å². The number of hydroxylamine groups is 2. The molecule has 10 heteroatoms. The third-order valence-electron chi connectivity index (χ3n) is 4.80. The monoisotopic (exact) mass is 384 g/mol. The van der Waals surface area contributed by atoms with Gasteiger partial charge in [-0.05, 0) is 18.2 Å². The summed E-state index contributed by atoms with van der Waals surface area (Å²) in [6.07, 6.45) is 0.521. The lowest BCUT2D eigenvalue weighted by Gasteiger charge is -2.27. The molecule has 4 rings (SSSR count). The Hall–Kier alpha value is -3.45. The van der Waals surface area contributed by atoms with Gasteiger partial charge in [-0.25, -0.2) is 14.2 Å². The van der Waals surface area contributed by atoms with Gasteiger partial charge in [0.2, 0.25) is 0 Å². The molecule has 0 spiro atoms. The second-order valence-corrected chi connectivity index (χ2v) is 6.54. The van der Waals surface area contributed by atoms with Crippen molar-refractivity contribution < 1.29 is 18.8 Å². The van der Waals surface area contributed by atoms with E-state index in [-0.39, 0.29) is 18.0 Å². The summed E-state index contributed by atoms with van der Waals surface area (Å²) >= 11 is 0. The van der Waals surface area contributed by atoms with E-state index in [9.17, 15) is 14.0 Å². The second kappa shape index (κ2) is 6.94. The van der Waals surface area contributed by atoms with Crippen LogP contribution in [-0.2, 0) is 24.3 Å². The second-order valence-electron chi connectivity index (χ2n) is 6.54. The molecule has 0 aliphatic carbocycles. The van der Waals surface area contributed by atoms with Gasteiger partial charge in [0.05, 0.1) is 31.0 Å². The molecule has 2 aliphatic heterocycles. The smallest absolute Gasteiger partial charge is 0.320 e. The molecule has 0 saturated heterocycles. The van der Waals surface area contributed by atoms with E-state index >= 15 is 0 Å². The van der Waals surface area contributed by atoms with Crippen molar-refractivity contribution in [2.24, 2.45) is 0 Å². The topological polar surface area (TPSA) is 103 Å². The number of urea groups is 1. The molecule has 0 radical (unpaired) electrons. The summed E-state index contributed by atoms with van der Waals surface area (Å²) in [6.45, 7) is 1.45. The first-order valence-corrected chi connectivity index (χ1v) is 8.73. The van der Waals surface area contributed by atoms with Crippen LogP contribution in [0.1, 0.15) is 27.3 Å². The van der Waals surface area contributed by atoms with Crippen LogP contribution in [-0.4, -0.2) is 51.9 Å². The van der Waals surface area contributed by atoms with E-state index in [0.29, 0.717) is 43.1 Å². The minimum atomic E-state index is -0.643. The van der Waals surface area contributed by atoms with Crippen molar-refractivity contribution in [3.8, 4) is 6.07 Å². The van der Waals surface area contributed by atoms with Crippen molar-refractivity contribution in [3.05, 3.63) is 46.5 Å². The largest absolute Gasteiger partial charge is 0.322 e. The number of hydrogen-bond acceptors (Lipinski definition) is 5. The highest BCUT2D eigenvalue weighted by atomic mass is 19.1. The van der Waals surface area contributed by atoms with E-state index < -0.39 is 11.8 Å². The van der Waals surface area contributed by atoms with Gasteiger partial charge >= 0.3 is 6.03 Å². The Morgan fingerprint density at radius 2 is 2.21 bits per heavy atom. The Bertz CT molecular complexity index is 1010. The SMILES string of the molecule is CN1OCCn2nc3c(c2C1=O)CN(C(=O)Nc1ccc(F)c(C#N)c1)CC3. The van der Waals surface area contributed by atoms with Crippen LogP contribution in [0.2, 0.25) is 0 Å². The third-order valence-corrected chi connectivity index (χ3v) is 4.80. The van der Waals surface area contributed by atoms with Crippen LogP contribution < -0.4 is 5.32 Å². The molecule has 0 bridgehead atoms. The van der Waals surface area contributed by atoms with Gasteiger partial charge in [-0.2, -0.15) is 10.4 Å². The van der Waals surface area contributed by atoms with Crippen LogP contribution in [0, 0.1) is 17.1 Å². The number of aromatic nitrogens is 2. The van der Waals surface area contributed by atoms with Crippen LogP contribution in [0.15, 0.2) is 18.2 Å². The van der Waals surface area contributed by atoms with Crippen LogP contribution in [0.25, 0.3) is 0 Å². The highest BCUT2D eigenvalue weighted by Crippen LogP contribution is 2.25. The molecule has 3 heterocycles. The minimum absolute atomic E-state index is 0.144. The molecule has 2 aromatic rings. The third kappa shape index (κ3) is 3.05. The number of anilines is 1. The maximum absolute atomic E-state index is 13.5. The maximum atomic E-state index is 13.5. The zero-order valence-corrected chi connectivity index (χ0v) is 15.1. The standard InChI is InChI=1S/C18H17FN6O3/c1-23-17(26)16-13-10-24(5-4-15(13)22-25(16)6-7-28-23)18(27)21-12-2-3-14(19)11(8-12)9-20/h2-3,8H,4-7,10H2,1H3,(H,21,27). The molecule has 144 valence electrons. The van der Waals surface area contributed by atoms with Crippen molar-refractivity contribution in [3.63, 3.8) is 0 Å². The normalized spacial score (nSPS) is 16.1. The van der Waals surface area contributed by atoms with E-state index in [0.717, 1.165) is 11.8 Å². The molecular weight excluding hydrogens is 367 g/mol. The molecular formula is C18H17FN6O3. The molecule has 1 aromatic heterocycles.